The topological polar surface area (TPSA) is 60.9 Å². The summed E-state index contributed by atoms with van der Waals surface area (Å²) >= 11 is 7.87. The van der Waals surface area contributed by atoms with Gasteiger partial charge in [0.2, 0.25) is 17.7 Å². The van der Waals surface area contributed by atoms with Crippen molar-refractivity contribution in [2.24, 2.45) is 0 Å². The van der Waals surface area contributed by atoms with Crippen LogP contribution in [-0.2, 0) is 20.9 Å². The lowest BCUT2D eigenvalue weighted by Crippen LogP contribution is -2.48. The second-order valence-corrected chi connectivity index (χ2v) is 9.23. The van der Waals surface area contributed by atoms with Gasteiger partial charge in [0.05, 0.1) is 0 Å². The fourth-order valence-corrected chi connectivity index (χ4v) is 5.11. The van der Waals surface area contributed by atoms with Crippen molar-refractivity contribution in [1.82, 2.24) is 14.7 Å². The molecule has 1 aromatic heterocycles. The molecule has 2 fully saturated rings. The Kier molecular flexibility index (Phi) is 6.51. The zero-order chi connectivity index (χ0) is 21.1. The molecule has 0 radical (unpaired) electrons. The van der Waals surface area contributed by atoms with E-state index in [0.717, 1.165) is 30.2 Å². The average molecular weight is 446 g/mol. The largest absolute Gasteiger partial charge is 0.340 e. The lowest BCUT2D eigenvalue weighted by molar-refractivity contribution is -0.139. The Bertz CT molecular complexity index is 937. The summed E-state index contributed by atoms with van der Waals surface area (Å²) < 4.78 is 0. The first-order valence-electron chi connectivity index (χ1n) is 10.2. The van der Waals surface area contributed by atoms with Crippen LogP contribution in [0.1, 0.15) is 24.1 Å². The van der Waals surface area contributed by atoms with Crippen LogP contribution >= 0.6 is 22.9 Å². The number of nitrogens with zero attached hydrogens (tertiary/aromatic N) is 3. The highest BCUT2D eigenvalue weighted by Crippen LogP contribution is 2.30. The number of imide groups is 1. The van der Waals surface area contributed by atoms with E-state index in [0.29, 0.717) is 13.1 Å². The van der Waals surface area contributed by atoms with Gasteiger partial charge in [-0.2, -0.15) is 0 Å². The van der Waals surface area contributed by atoms with Crippen molar-refractivity contribution in [2.75, 3.05) is 32.7 Å². The summed E-state index contributed by atoms with van der Waals surface area (Å²) in [6, 6.07) is 12.2. The summed E-state index contributed by atoms with van der Waals surface area (Å²) in [5.74, 6) is -0.307. The molecule has 158 valence electrons. The third-order valence-corrected chi connectivity index (χ3v) is 6.93. The Labute approximate surface area is 185 Å². The summed E-state index contributed by atoms with van der Waals surface area (Å²) in [6.07, 6.45) is 0.756. The van der Waals surface area contributed by atoms with Crippen molar-refractivity contribution in [3.05, 3.63) is 46.3 Å². The second-order valence-electron chi connectivity index (χ2n) is 7.62. The van der Waals surface area contributed by atoms with Gasteiger partial charge >= 0.3 is 0 Å². The number of hydrogen-bond acceptors (Lipinski definition) is 5. The quantitative estimate of drug-likeness (QED) is 0.640. The van der Waals surface area contributed by atoms with Crippen molar-refractivity contribution >= 4 is 40.7 Å². The third kappa shape index (κ3) is 4.91. The number of carbonyl (C=O) groups excluding carboxylic acids is 3. The molecule has 3 amide bonds. The highest BCUT2D eigenvalue weighted by Gasteiger charge is 2.30. The average Bonchev–Trinajstić information content (AvgIpc) is 3.33. The highest BCUT2D eigenvalue weighted by atomic mass is 35.5. The van der Waals surface area contributed by atoms with E-state index in [1.807, 2.05) is 23.1 Å². The third-order valence-electron chi connectivity index (χ3n) is 5.58. The lowest BCUT2D eigenvalue weighted by atomic mass is 10.2. The molecule has 2 aliphatic heterocycles. The van der Waals surface area contributed by atoms with E-state index < -0.39 is 0 Å². The number of benzene rings is 1. The molecule has 1 aromatic carbocycles. The standard InChI is InChI=1S/C22H24ClN3O3S/c23-17-3-1-2-16(14-17)19-5-4-18(30-19)15-24-10-12-25(13-11-24)20(27)8-9-26-21(28)6-7-22(26)29/h1-5,14H,6-13,15H2. The van der Waals surface area contributed by atoms with Crippen LogP contribution in [0.4, 0.5) is 0 Å². The molecule has 0 N–H and O–H groups in total. The Morgan fingerprint density at radius 1 is 1.00 bits per heavy atom. The van der Waals surface area contributed by atoms with Gasteiger partial charge in [-0.15, -0.1) is 11.3 Å². The Morgan fingerprint density at radius 3 is 2.43 bits per heavy atom. The molecule has 0 atom stereocenters. The monoisotopic (exact) mass is 445 g/mol. The first-order valence-corrected chi connectivity index (χ1v) is 11.4. The van der Waals surface area contributed by atoms with Gasteiger partial charge in [-0.05, 0) is 29.8 Å². The number of piperazine rings is 1. The van der Waals surface area contributed by atoms with Crippen LogP contribution in [0.25, 0.3) is 10.4 Å². The van der Waals surface area contributed by atoms with Crippen molar-refractivity contribution in [1.29, 1.82) is 0 Å². The predicted molar refractivity (Wildman–Crippen MR) is 117 cm³/mol. The van der Waals surface area contributed by atoms with E-state index in [-0.39, 0.29) is 43.5 Å². The van der Waals surface area contributed by atoms with Gasteiger partial charge in [0.25, 0.3) is 0 Å². The minimum absolute atomic E-state index is 0.0153. The molecule has 30 heavy (non-hydrogen) atoms. The van der Waals surface area contributed by atoms with Crippen LogP contribution in [0.15, 0.2) is 36.4 Å². The zero-order valence-corrected chi connectivity index (χ0v) is 18.3. The van der Waals surface area contributed by atoms with Crippen LogP contribution in [-0.4, -0.2) is 65.1 Å². The molecule has 2 aliphatic rings. The predicted octanol–water partition coefficient (Wildman–Crippen LogP) is 3.25. The van der Waals surface area contributed by atoms with Crippen LogP contribution in [0.2, 0.25) is 5.02 Å². The zero-order valence-electron chi connectivity index (χ0n) is 16.7. The number of rotatable bonds is 6. The van der Waals surface area contributed by atoms with Crippen LogP contribution in [0, 0.1) is 0 Å². The second kappa shape index (κ2) is 9.29. The number of thiophene rings is 1. The Balaban J connectivity index is 1.24. The SMILES string of the molecule is O=C(CCN1C(=O)CCC1=O)N1CCN(Cc2ccc(-c3cccc(Cl)c3)s2)CC1. The van der Waals surface area contributed by atoms with E-state index in [1.165, 1.54) is 14.7 Å². The minimum atomic E-state index is -0.161. The molecule has 0 bridgehead atoms. The molecule has 4 rings (SSSR count). The van der Waals surface area contributed by atoms with Crippen LogP contribution in [0.5, 0.6) is 0 Å². The Hall–Kier alpha value is -2.22. The number of carbonyl (C=O) groups is 3. The minimum Gasteiger partial charge on any atom is -0.340 e. The van der Waals surface area contributed by atoms with E-state index in [2.05, 4.69) is 23.1 Å². The highest BCUT2D eigenvalue weighted by molar-refractivity contribution is 7.15. The fraction of sp³-hybridized carbons (Fsp3) is 0.409. The summed E-state index contributed by atoms with van der Waals surface area (Å²) in [4.78, 5) is 43.7. The van der Waals surface area contributed by atoms with Gasteiger partial charge in [-0.3, -0.25) is 24.2 Å². The van der Waals surface area contributed by atoms with Gasteiger partial charge in [0, 0.05) is 73.3 Å². The van der Waals surface area contributed by atoms with E-state index in [4.69, 9.17) is 11.6 Å². The van der Waals surface area contributed by atoms with E-state index in [1.54, 1.807) is 11.3 Å². The molecule has 2 saturated heterocycles. The van der Waals surface area contributed by atoms with Crippen molar-refractivity contribution in [2.45, 2.75) is 25.8 Å². The summed E-state index contributed by atoms with van der Waals surface area (Å²) in [6.45, 7) is 4.05. The maximum absolute atomic E-state index is 12.5. The molecule has 0 saturated carbocycles. The molecule has 0 aliphatic carbocycles. The van der Waals surface area contributed by atoms with Gasteiger partial charge < -0.3 is 4.90 Å². The van der Waals surface area contributed by atoms with Gasteiger partial charge in [0.1, 0.15) is 0 Å². The molecule has 0 unspecified atom stereocenters. The smallest absolute Gasteiger partial charge is 0.229 e. The van der Waals surface area contributed by atoms with Gasteiger partial charge in [0.15, 0.2) is 0 Å². The van der Waals surface area contributed by atoms with Crippen molar-refractivity contribution in [3.63, 3.8) is 0 Å². The molecule has 8 heteroatoms. The van der Waals surface area contributed by atoms with Crippen LogP contribution in [0.3, 0.4) is 0 Å². The molecule has 3 heterocycles. The van der Waals surface area contributed by atoms with E-state index >= 15 is 0 Å². The molecular weight excluding hydrogens is 422 g/mol. The lowest BCUT2D eigenvalue weighted by Gasteiger charge is -2.34. The number of halogens is 1. The fourth-order valence-electron chi connectivity index (χ4n) is 3.87. The number of hydrogen-bond donors (Lipinski definition) is 0. The van der Waals surface area contributed by atoms with Crippen molar-refractivity contribution < 1.29 is 14.4 Å². The van der Waals surface area contributed by atoms with Crippen LogP contribution < -0.4 is 0 Å². The Morgan fingerprint density at radius 2 is 1.73 bits per heavy atom. The first kappa shape index (κ1) is 21.0. The summed E-state index contributed by atoms with van der Waals surface area (Å²) in [5.41, 5.74) is 1.13. The number of likely N-dealkylation sites (tertiary alicyclic amines) is 1. The maximum Gasteiger partial charge on any atom is 0.229 e. The van der Waals surface area contributed by atoms with Gasteiger partial charge in [-0.25, -0.2) is 0 Å². The summed E-state index contributed by atoms with van der Waals surface area (Å²) in [5, 5.41) is 0.738. The van der Waals surface area contributed by atoms with Gasteiger partial charge in [-0.1, -0.05) is 23.7 Å². The molecule has 6 nitrogen and oxygen atoms in total. The normalized spacial score (nSPS) is 17.8. The molecular formula is C22H24ClN3O3S. The number of amides is 3. The summed E-state index contributed by atoms with van der Waals surface area (Å²) in [7, 11) is 0. The molecule has 0 spiro atoms. The van der Waals surface area contributed by atoms with Crippen molar-refractivity contribution in [3.8, 4) is 10.4 Å². The van der Waals surface area contributed by atoms with E-state index in [9.17, 15) is 14.4 Å². The maximum atomic E-state index is 12.5. The first-order chi connectivity index (χ1) is 14.5. The molecule has 2 aromatic rings.